The Morgan fingerprint density at radius 1 is 1.22 bits per heavy atom. The molecule has 1 aromatic carbocycles. The number of ether oxygens (including phenoxy) is 1. The van der Waals surface area contributed by atoms with Crippen molar-refractivity contribution >= 4 is 18.0 Å². The van der Waals surface area contributed by atoms with Crippen molar-refractivity contribution in [3.63, 3.8) is 0 Å². The standard InChI is InChI=1S/C14H16O4/c1-14(2,12(16)10-15)8-9-18-13(17)11-6-4-3-5-7-11/h3-7,10H,8-9H2,1-2H3. The first-order chi connectivity index (χ1) is 8.47. The van der Waals surface area contributed by atoms with E-state index in [9.17, 15) is 14.4 Å². The van der Waals surface area contributed by atoms with Gasteiger partial charge in [0.25, 0.3) is 0 Å². The third-order valence-corrected chi connectivity index (χ3v) is 2.74. The topological polar surface area (TPSA) is 60.4 Å². The van der Waals surface area contributed by atoms with Gasteiger partial charge in [0.2, 0.25) is 5.78 Å². The van der Waals surface area contributed by atoms with E-state index >= 15 is 0 Å². The maximum atomic E-state index is 11.6. The molecule has 0 heterocycles. The largest absolute Gasteiger partial charge is 0.462 e. The van der Waals surface area contributed by atoms with E-state index in [-0.39, 0.29) is 6.61 Å². The molecule has 0 unspecified atom stereocenters. The van der Waals surface area contributed by atoms with E-state index in [1.54, 1.807) is 38.1 Å². The van der Waals surface area contributed by atoms with Crippen molar-refractivity contribution in [3.05, 3.63) is 35.9 Å². The fourth-order valence-electron chi connectivity index (χ4n) is 1.34. The van der Waals surface area contributed by atoms with Gasteiger partial charge in [-0.25, -0.2) is 4.79 Å². The van der Waals surface area contributed by atoms with E-state index in [1.807, 2.05) is 6.07 Å². The Morgan fingerprint density at radius 2 is 1.83 bits per heavy atom. The molecule has 18 heavy (non-hydrogen) atoms. The number of benzene rings is 1. The van der Waals surface area contributed by atoms with Crippen LogP contribution in [0.1, 0.15) is 30.6 Å². The molecule has 4 heteroatoms. The smallest absolute Gasteiger partial charge is 0.338 e. The Morgan fingerprint density at radius 3 is 2.39 bits per heavy atom. The van der Waals surface area contributed by atoms with Gasteiger partial charge in [-0.05, 0) is 18.6 Å². The van der Waals surface area contributed by atoms with Crippen LogP contribution in [0.15, 0.2) is 30.3 Å². The molecule has 0 spiro atoms. The molecule has 0 amide bonds. The third-order valence-electron chi connectivity index (χ3n) is 2.74. The second-order valence-corrected chi connectivity index (χ2v) is 4.62. The zero-order valence-electron chi connectivity index (χ0n) is 10.5. The molecule has 4 nitrogen and oxygen atoms in total. The summed E-state index contributed by atoms with van der Waals surface area (Å²) in [5.41, 5.74) is -0.323. The van der Waals surface area contributed by atoms with Gasteiger partial charge in [-0.2, -0.15) is 0 Å². The minimum Gasteiger partial charge on any atom is -0.462 e. The fraction of sp³-hybridized carbons (Fsp3) is 0.357. The van der Waals surface area contributed by atoms with Crippen LogP contribution in [-0.4, -0.2) is 24.6 Å². The minimum atomic E-state index is -0.793. The maximum absolute atomic E-state index is 11.6. The van der Waals surface area contributed by atoms with Gasteiger partial charge >= 0.3 is 5.97 Å². The van der Waals surface area contributed by atoms with Gasteiger partial charge in [0.05, 0.1) is 12.2 Å². The van der Waals surface area contributed by atoms with Gasteiger partial charge < -0.3 is 4.74 Å². The Balaban J connectivity index is 2.45. The van der Waals surface area contributed by atoms with Crippen LogP contribution in [-0.2, 0) is 14.3 Å². The second kappa shape index (κ2) is 6.10. The molecule has 0 bridgehead atoms. The molecular weight excluding hydrogens is 232 g/mol. The Labute approximate surface area is 106 Å². The molecule has 0 aliphatic rings. The maximum Gasteiger partial charge on any atom is 0.338 e. The molecule has 96 valence electrons. The number of rotatable bonds is 6. The van der Waals surface area contributed by atoms with Crippen LogP contribution < -0.4 is 0 Å². The summed E-state index contributed by atoms with van der Waals surface area (Å²) in [6.07, 6.45) is 0.627. The van der Waals surface area contributed by atoms with E-state index in [2.05, 4.69) is 0 Å². The summed E-state index contributed by atoms with van der Waals surface area (Å²) in [6.45, 7) is 3.42. The molecule has 0 atom stereocenters. The number of carbonyl (C=O) groups is 3. The lowest BCUT2D eigenvalue weighted by Crippen LogP contribution is -2.27. The first kappa shape index (κ1) is 14.1. The van der Waals surface area contributed by atoms with E-state index in [0.29, 0.717) is 18.3 Å². The number of hydrogen-bond acceptors (Lipinski definition) is 4. The van der Waals surface area contributed by atoms with E-state index < -0.39 is 17.2 Å². The number of carbonyl (C=O) groups excluding carboxylic acids is 3. The highest BCUT2D eigenvalue weighted by atomic mass is 16.5. The van der Waals surface area contributed by atoms with Gasteiger partial charge in [-0.1, -0.05) is 32.0 Å². The van der Waals surface area contributed by atoms with Gasteiger partial charge in [-0.15, -0.1) is 0 Å². The van der Waals surface area contributed by atoms with Crippen LogP contribution in [0.4, 0.5) is 0 Å². The molecular formula is C14H16O4. The summed E-state index contributed by atoms with van der Waals surface area (Å²) < 4.78 is 5.05. The normalized spacial score (nSPS) is 10.8. The summed E-state index contributed by atoms with van der Waals surface area (Å²) in [7, 11) is 0. The highest BCUT2D eigenvalue weighted by Gasteiger charge is 2.27. The van der Waals surface area contributed by atoms with Crippen LogP contribution in [0, 0.1) is 5.41 Å². The summed E-state index contributed by atoms with van der Waals surface area (Å²) in [5, 5.41) is 0. The Hall–Kier alpha value is -1.97. The zero-order chi connectivity index (χ0) is 13.6. The second-order valence-electron chi connectivity index (χ2n) is 4.62. The Kier molecular flexibility index (Phi) is 4.77. The van der Waals surface area contributed by atoms with E-state index in [0.717, 1.165) is 0 Å². The van der Waals surface area contributed by atoms with Gasteiger partial charge in [0.15, 0.2) is 6.29 Å². The quantitative estimate of drug-likeness (QED) is 0.439. The van der Waals surface area contributed by atoms with Crippen molar-refractivity contribution in [2.75, 3.05) is 6.61 Å². The van der Waals surface area contributed by atoms with Gasteiger partial charge in [0.1, 0.15) is 0 Å². The molecule has 0 aliphatic heterocycles. The molecule has 1 rings (SSSR count). The lowest BCUT2D eigenvalue weighted by atomic mass is 9.85. The third kappa shape index (κ3) is 3.80. The van der Waals surface area contributed by atoms with Crippen molar-refractivity contribution in [1.82, 2.24) is 0 Å². The SMILES string of the molecule is CC(C)(CCOC(=O)c1ccccc1)C(=O)C=O. The average molecular weight is 248 g/mol. The average Bonchev–Trinajstić information content (AvgIpc) is 2.38. The highest BCUT2D eigenvalue weighted by molar-refractivity contribution is 6.27. The predicted octanol–water partition coefficient (Wildman–Crippen LogP) is 2.03. The van der Waals surface area contributed by atoms with Crippen molar-refractivity contribution in [1.29, 1.82) is 0 Å². The molecule has 0 aliphatic carbocycles. The van der Waals surface area contributed by atoms with Gasteiger partial charge in [-0.3, -0.25) is 9.59 Å². The van der Waals surface area contributed by atoms with Crippen molar-refractivity contribution < 1.29 is 19.1 Å². The van der Waals surface area contributed by atoms with E-state index in [4.69, 9.17) is 4.74 Å². The number of esters is 1. The summed E-state index contributed by atoms with van der Waals surface area (Å²) >= 11 is 0. The molecule has 1 aromatic rings. The van der Waals surface area contributed by atoms with Crippen LogP contribution in [0.3, 0.4) is 0 Å². The molecule has 0 radical (unpaired) electrons. The van der Waals surface area contributed by atoms with Crippen LogP contribution in [0.5, 0.6) is 0 Å². The number of hydrogen-bond donors (Lipinski definition) is 0. The molecule has 0 fully saturated rings. The van der Waals surface area contributed by atoms with Crippen LogP contribution >= 0.6 is 0 Å². The summed E-state index contributed by atoms with van der Waals surface area (Å²) in [6, 6.07) is 8.61. The Bertz CT molecular complexity index is 434. The van der Waals surface area contributed by atoms with Crippen molar-refractivity contribution in [3.8, 4) is 0 Å². The molecule has 0 N–H and O–H groups in total. The van der Waals surface area contributed by atoms with E-state index in [1.165, 1.54) is 0 Å². The molecule has 0 saturated carbocycles. The first-order valence-corrected chi connectivity index (χ1v) is 5.69. The number of ketones is 1. The number of Topliss-reactive ketones (excluding diaryl/α,β-unsaturated/α-hetero) is 1. The van der Waals surface area contributed by atoms with Crippen LogP contribution in [0.25, 0.3) is 0 Å². The zero-order valence-corrected chi connectivity index (χ0v) is 10.5. The summed E-state index contributed by atoms with van der Waals surface area (Å²) in [4.78, 5) is 33.3. The predicted molar refractivity (Wildman–Crippen MR) is 66.2 cm³/mol. The van der Waals surface area contributed by atoms with Crippen LogP contribution in [0.2, 0.25) is 0 Å². The monoisotopic (exact) mass is 248 g/mol. The number of aldehydes is 1. The molecule has 0 saturated heterocycles. The first-order valence-electron chi connectivity index (χ1n) is 5.69. The lowest BCUT2D eigenvalue weighted by molar-refractivity contribution is -0.136. The highest BCUT2D eigenvalue weighted by Crippen LogP contribution is 2.20. The van der Waals surface area contributed by atoms with Crippen molar-refractivity contribution in [2.45, 2.75) is 20.3 Å². The van der Waals surface area contributed by atoms with Crippen molar-refractivity contribution in [2.24, 2.45) is 5.41 Å². The molecule has 0 aromatic heterocycles. The van der Waals surface area contributed by atoms with Gasteiger partial charge in [0, 0.05) is 5.41 Å². The fourth-order valence-corrected chi connectivity index (χ4v) is 1.34. The lowest BCUT2D eigenvalue weighted by Gasteiger charge is -2.19. The summed E-state index contributed by atoms with van der Waals surface area (Å²) in [5.74, 6) is -0.914. The minimum absolute atomic E-state index is 0.111.